The number of rotatable bonds is 8. The van der Waals surface area contributed by atoms with Gasteiger partial charge in [0.1, 0.15) is 11.7 Å². The molecule has 1 atom stereocenters. The highest BCUT2D eigenvalue weighted by Gasteiger charge is 2.25. The number of ether oxygens (including phenoxy) is 1. The molecule has 9 heteroatoms. The summed E-state index contributed by atoms with van der Waals surface area (Å²) in [5.41, 5.74) is 0.733. The van der Waals surface area contributed by atoms with Crippen molar-refractivity contribution >= 4 is 29.9 Å². The average molecular weight is 556 g/mol. The second-order valence-electron chi connectivity index (χ2n) is 8.73. The highest BCUT2D eigenvalue weighted by Crippen LogP contribution is 2.26. The maximum Gasteiger partial charge on any atom is 0.213 e. The van der Waals surface area contributed by atoms with Crippen molar-refractivity contribution in [2.24, 2.45) is 18.0 Å². The van der Waals surface area contributed by atoms with Crippen molar-refractivity contribution in [3.63, 3.8) is 0 Å². The van der Waals surface area contributed by atoms with Gasteiger partial charge in [0.2, 0.25) is 5.88 Å². The van der Waals surface area contributed by atoms with Crippen LogP contribution in [0.2, 0.25) is 0 Å². The summed E-state index contributed by atoms with van der Waals surface area (Å²) in [7, 11) is 1.83. The summed E-state index contributed by atoms with van der Waals surface area (Å²) in [4.78, 5) is 9.04. The van der Waals surface area contributed by atoms with Gasteiger partial charge < -0.3 is 20.5 Å². The predicted octanol–water partition coefficient (Wildman–Crippen LogP) is 3.35. The molecule has 8 nitrogen and oxygen atoms in total. The number of hydrogen-bond acceptors (Lipinski definition) is 5. The number of aryl methyl sites for hydroxylation is 1. The van der Waals surface area contributed by atoms with Crippen molar-refractivity contribution in [2.45, 2.75) is 64.7 Å². The molecule has 1 aliphatic carbocycles. The van der Waals surface area contributed by atoms with E-state index in [1.807, 2.05) is 32.3 Å². The summed E-state index contributed by atoms with van der Waals surface area (Å²) in [6.45, 7) is 7.62. The Labute approximate surface area is 208 Å². The molecule has 0 amide bonds. The predicted molar refractivity (Wildman–Crippen MR) is 137 cm³/mol. The monoisotopic (exact) mass is 556 g/mol. The Kier molecular flexibility index (Phi) is 10.2. The molecule has 1 aliphatic rings. The Morgan fingerprint density at radius 3 is 2.72 bits per heavy atom. The lowest BCUT2D eigenvalue weighted by atomic mass is 9.89. The van der Waals surface area contributed by atoms with Crippen molar-refractivity contribution in [3.05, 3.63) is 41.9 Å². The third-order valence-corrected chi connectivity index (χ3v) is 5.74. The maximum atomic E-state index is 10.8. The van der Waals surface area contributed by atoms with E-state index in [1.54, 1.807) is 24.0 Å². The van der Waals surface area contributed by atoms with E-state index < -0.39 is 5.60 Å². The number of halogens is 1. The van der Waals surface area contributed by atoms with Crippen LogP contribution in [0.5, 0.6) is 5.88 Å². The quantitative estimate of drug-likeness (QED) is 0.262. The third kappa shape index (κ3) is 7.91. The van der Waals surface area contributed by atoms with E-state index in [2.05, 4.69) is 32.6 Å². The van der Waals surface area contributed by atoms with Crippen LogP contribution in [-0.4, -0.2) is 45.0 Å². The molecule has 178 valence electrons. The molecule has 2 heterocycles. The van der Waals surface area contributed by atoms with Gasteiger partial charge in [0, 0.05) is 37.6 Å². The van der Waals surface area contributed by atoms with Gasteiger partial charge in [0.05, 0.1) is 19.3 Å². The lowest BCUT2D eigenvalue weighted by molar-refractivity contribution is 0.0616. The Balaban J connectivity index is 0.00000363. The molecule has 1 unspecified atom stereocenters. The average Bonchev–Trinajstić information content (AvgIpc) is 3.19. The molecule has 0 saturated heterocycles. The minimum atomic E-state index is -1.06. The summed E-state index contributed by atoms with van der Waals surface area (Å²) < 4.78 is 7.79. The fourth-order valence-electron chi connectivity index (χ4n) is 3.70. The molecule has 2 aromatic heterocycles. The Bertz CT molecular complexity index is 862. The molecule has 1 saturated carbocycles. The van der Waals surface area contributed by atoms with E-state index in [1.165, 1.54) is 12.8 Å². The molecule has 0 radical (unpaired) electrons. The van der Waals surface area contributed by atoms with Crippen LogP contribution in [0.3, 0.4) is 0 Å². The van der Waals surface area contributed by atoms with Crippen LogP contribution in [0.1, 0.15) is 57.6 Å². The van der Waals surface area contributed by atoms with Crippen molar-refractivity contribution in [2.75, 3.05) is 13.1 Å². The molecule has 0 aliphatic heterocycles. The largest absolute Gasteiger partial charge is 0.474 e. The number of pyridine rings is 1. The molecule has 3 rings (SSSR count). The van der Waals surface area contributed by atoms with Crippen molar-refractivity contribution in [1.29, 1.82) is 0 Å². The lowest BCUT2D eigenvalue weighted by Crippen LogP contribution is -2.44. The van der Waals surface area contributed by atoms with Gasteiger partial charge in [-0.2, -0.15) is 5.10 Å². The number of hydrogen-bond donors (Lipinski definition) is 3. The fourth-order valence-corrected chi connectivity index (χ4v) is 3.70. The molecular formula is C23H37IN6O2. The first-order valence-electron chi connectivity index (χ1n) is 11.2. The molecule has 0 bridgehead atoms. The van der Waals surface area contributed by atoms with Gasteiger partial charge in [0.25, 0.3) is 0 Å². The van der Waals surface area contributed by atoms with Gasteiger partial charge >= 0.3 is 0 Å². The third-order valence-electron chi connectivity index (χ3n) is 5.74. The lowest BCUT2D eigenvalue weighted by Gasteiger charge is -2.26. The first-order chi connectivity index (χ1) is 14.9. The maximum absolute atomic E-state index is 10.8. The topological polar surface area (TPSA) is 96.6 Å². The van der Waals surface area contributed by atoms with Crippen LogP contribution in [0.15, 0.2) is 35.7 Å². The van der Waals surface area contributed by atoms with Gasteiger partial charge in [-0.05, 0) is 57.1 Å². The van der Waals surface area contributed by atoms with Crippen molar-refractivity contribution in [1.82, 2.24) is 25.4 Å². The number of guanidine groups is 1. The summed E-state index contributed by atoms with van der Waals surface area (Å²) in [5.74, 6) is 2.11. The highest BCUT2D eigenvalue weighted by molar-refractivity contribution is 14.0. The van der Waals surface area contributed by atoms with E-state index in [9.17, 15) is 5.11 Å². The highest BCUT2D eigenvalue weighted by atomic mass is 127. The number of aliphatic imine (C=N–C) groups is 1. The SMILES string of the molecule is CCNC(=NCc1ccnc(OC2CCC(C)CC2)c1)NCC(C)(O)c1cnn(C)c1.I. The van der Waals surface area contributed by atoms with Crippen LogP contribution in [0, 0.1) is 5.92 Å². The number of aliphatic hydroxyl groups is 1. The standard InChI is InChI=1S/C23H36N6O2.HI/c1-5-24-22(27-16-23(3,30)19-14-28-29(4)15-19)26-13-18-10-11-25-21(12-18)31-20-8-6-17(2)7-9-20;/h10-12,14-15,17,20,30H,5-9,13,16H2,1-4H3,(H2,24,26,27);1H. The van der Waals surface area contributed by atoms with Crippen LogP contribution in [0.25, 0.3) is 0 Å². The zero-order chi connectivity index (χ0) is 22.3. The van der Waals surface area contributed by atoms with Gasteiger partial charge in [-0.1, -0.05) is 6.92 Å². The Morgan fingerprint density at radius 1 is 1.31 bits per heavy atom. The second kappa shape index (κ2) is 12.4. The summed E-state index contributed by atoms with van der Waals surface area (Å²) in [6, 6.07) is 3.92. The zero-order valence-electron chi connectivity index (χ0n) is 19.5. The first-order valence-corrected chi connectivity index (χ1v) is 11.2. The van der Waals surface area contributed by atoms with Gasteiger partial charge in [0.15, 0.2) is 5.96 Å². The van der Waals surface area contributed by atoms with Gasteiger partial charge in [-0.15, -0.1) is 24.0 Å². The molecule has 2 aromatic rings. The fraction of sp³-hybridized carbons (Fsp3) is 0.609. The number of nitrogens with zero attached hydrogens (tertiary/aromatic N) is 4. The van der Waals surface area contributed by atoms with E-state index in [0.29, 0.717) is 24.9 Å². The van der Waals surface area contributed by atoms with E-state index >= 15 is 0 Å². The Morgan fingerprint density at radius 2 is 2.06 bits per heavy atom. The molecule has 32 heavy (non-hydrogen) atoms. The normalized spacial score (nSPS) is 20.7. The van der Waals surface area contributed by atoms with Crippen LogP contribution >= 0.6 is 24.0 Å². The minimum Gasteiger partial charge on any atom is -0.474 e. The summed E-state index contributed by atoms with van der Waals surface area (Å²) in [6.07, 6.45) is 10.2. The molecule has 0 spiro atoms. The molecule has 1 fully saturated rings. The molecule has 3 N–H and O–H groups in total. The van der Waals surface area contributed by atoms with E-state index in [-0.39, 0.29) is 30.1 Å². The van der Waals surface area contributed by atoms with Crippen molar-refractivity contribution < 1.29 is 9.84 Å². The summed E-state index contributed by atoms with van der Waals surface area (Å²) in [5, 5.41) is 21.4. The zero-order valence-corrected chi connectivity index (χ0v) is 21.9. The molecule has 0 aromatic carbocycles. The van der Waals surface area contributed by atoms with Crippen LogP contribution in [0.4, 0.5) is 0 Å². The first kappa shape index (κ1) is 26.4. The Hall–Kier alpha value is -1.88. The van der Waals surface area contributed by atoms with Crippen LogP contribution < -0.4 is 15.4 Å². The minimum absolute atomic E-state index is 0. The summed E-state index contributed by atoms with van der Waals surface area (Å²) >= 11 is 0. The van der Waals surface area contributed by atoms with Gasteiger partial charge in [-0.3, -0.25) is 4.68 Å². The molecular weight excluding hydrogens is 519 g/mol. The number of aromatic nitrogens is 3. The van der Waals surface area contributed by atoms with Crippen LogP contribution in [-0.2, 0) is 19.2 Å². The number of nitrogens with one attached hydrogen (secondary N) is 2. The smallest absolute Gasteiger partial charge is 0.213 e. The van der Waals surface area contributed by atoms with E-state index in [4.69, 9.17) is 4.74 Å². The second-order valence-corrected chi connectivity index (χ2v) is 8.73. The van der Waals surface area contributed by atoms with E-state index in [0.717, 1.165) is 36.4 Å². The van der Waals surface area contributed by atoms with Crippen molar-refractivity contribution in [3.8, 4) is 5.88 Å². The van der Waals surface area contributed by atoms with Gasteiger partial charge in [-0.25, -0.2) is 9.98 Å².